The lowest BCUT2D eigenvalue weighted by Gasteiger charge is -2.33. The van der Waals surface area contributed by atoms with Gasteiger partial charge < -0.3 is 5.32 Å². The fourth-order valence-corrected chi connectivity index (χ4v) is 4.13. The highest BCUT2D eigenvalue weighted by Crippen LogP contribution is 2.36. The summed E-state index contributed by atoms with van der Waals surface area (Å²) in [5.74, 6) is 1.13. The summed E-state index contributed by atoms with van der Waals surface area (Å²) in [5.41, 5.74) is 2.83. The maximum absolute atomic E-state index is 11.6. The Kier molecular flexibility index (Phi) is 5.22. The molecule has 2 unspecified atom stereocenters. The third kappa shape index (κ3) is 3.61. The molecule has 0 saturated heterocycles. The van der Waals surface area contributed by atoms with Crippen LogP contribution in [0.4, 0.5) is 0 Å². The van der Waals surface area contributed by atoms with Gasteiger partial charge in [0, 0.05) is 11.8 Å². The summed E-state index contributed by atoms with van der Waals surface area (Å²) in [6.07, 6.45) is 4.02. The van der Waals surface area contributed by atoms with Gasteiger partial charge in [-0.25, -0.2) is 8.42 Å². The zero-order chi connectivity index (χ0) is 14.6. The van der Waals surface area contributed by atoms with Crippen LogP contribution in [0.25, 0.3) is 0 Å². The van der Waals surface area contributed by atoms with E-state index in [-0.39, 0.29) is 5.75 Å². The van der Waals surface area contributed by atoms with Crippen LogP contribution in [0.1, 0.15) is 43.4 Å². The second kappa shape index (κ2) is 6.72. The number of nitrogens with one attached hydrogen (secondary N) is 1. The topological polar surface area (TPSA) is 46.2 Å². The summed E-state index contributed by atoms with van der Waals surface area (Å²) in [7, 11) is -0.823. The molecule has 0 bridgehead atoms. The first kappa shape index (κ1) is 15.5. The molecule has 0 amide bonds. The van der Waals surface area contributed by atoms with Gasteiger partial charge in [0.15, 0.2) is 0 Å². The maximum Gasteiger partial charge on any atom is 0.150 e. The third-order valence-corrected chi connectivity index (χ3v) is 6.22. The van der Waals surface area contributed by atoms with Gasteiger partial charge in [-0.2, -0.15) is 0 Å². The number of rotatable bonds is 6. The Balaban J connectivity index is 2.00. The Morgan fingerprint density at radius 1 is 1.30 bits per heavy atom. The maximum atomic E-state index is 11.6. The standard InChI is InChI=1S/C16H25NO2S/c1-3-20(18,19)12-6-8-14-11-10-13-7-4-5-9-15(13)16(14)17-2/h4-5,7,9,14,16-17H,3,6,8,10-12H2,1-2H3. The molecule has 20 heavy (non-hydrogen) atoms. The van der Waals surface area contributed by atoms with Gasteiger partial charge in [0.25, 0.3) is 0 Å². The summed E-state index contributed by atoms with van der Waals surface area (Å²) in [6.45, 7) is 1.72. The van der Waals surface area contributed by atoms with E-state index in [2.05, 4.69) is 29.6 Å². The normalized spacial score (nSPS) is 22.5. The average molecular weight is 295 g/mol. The van der Waals surface area contributed by atoms with Gasteiger partial charge in [-0.3, -0.25) is 0 Å². The molecule has 1 aliphatic carbocycles. The Morgan fingerprint density at radius 3 is 2.75 bits per heavy atom. The minimum atomic E-state index is -2.83. The minimum absolute atomic E-state index is 0.260. The molecule has 3 nitrogen and oxygen atoms in total. The van der Waals surface area contributed by atoms with Crippen LogP contribution in [0.3, 0.4) is 0 Å². The van der Waals surface area contributed by atoms with E-state index in [4.69, 9.17) is 0 Å². The van der Waals surface area contributed by atoms with Crippen LogP contribution in [0.2, 0.25) is 0 Å². The highest BCUT2D eigenvalue weighted by Gasteiger charge is 2.27. The molecule has 0 saturated carbocycles. The summed E-state index contributed by atoms with van der Waals surface area (Å²) >= 11 is 0. The zero-order valence-corrected chi connectivity index (χ0v) is 13.2. The van der Waals surface area contributed by atoms with E-state index in [1.165, 1.54) is 11.1 Å². The van der Waals surface area contributed by atoms with Gasteiger partial charge in [-0.05, 0) is 49.8 Å². The summed E-state index contributed by atoms with van der Waals surface area (Å²) in [6, 6.07) is 8.96. The quantitative estimate of drug-likeness (QED) is 0.878. The first-order valence-corrected chi connectivity index (χ1v) is 9.35. The van der Waals surface area contributed by atoms with E-state index in [1.807, 2.05) is 7.05 Å². The SMILES string of the molecule is CCS(=O)(=O)CCCC1CCc2ccccc2C1NC. The molecule has 1 aromatic carbocycles. The van der Waals surface area contributed by atoms with Crippen molar-refractivity contribution in [1.82, 2.24) is 5.32 Å². The fraction of sp³-hybridized carbons (Fsp3) is 0.625. The number of hydrogen-bond acceptors (Lipinski definition) is 3. The number of benzene rings is 1. The molecule has 0 radical (unpaired) electrons. The second-order valence-corrected chi connectivity index (χ2v) is 8.12. The van der Waals surface area contributed by atoms with E-state index in [1.54, 1.807) is 6.92 Å². The molecule has 1 aromatic rings. The molecule has 2 rings (SSSR count). The molecule has 4 heteroatoms. The van der Waals surface area contributed by atoms with Crippen LogP contribution in [0.15, 0.2) is 24.3 Å². The lowest BCUT2D eigenvalue weighted by atomic mass is 9.78. The lowest BCUT2D eigenvalue weighted by Crippen LogP contribution is -2.30. The highest BCUT2D eigenvalue weighted by atomic mass is 32.2. The zero-order valence-electron chi connectivity index (χ0n) is 12.4. The molecule has 0 fully saturated rings. The monoisotopic (exact) mass is 295 g/mol. The van der Waals surface area contributed by atoms with Crippen molar-refractivity contribution in [3.63, 3.8) is 0 Å². The largest absolute Gasteiger partial charge is 0.313 e. The molecule has 1 N–H and O–H groups in total. The number of fused-ring (bicyclic) bond motifs is 1. The number of hydrogen-bond donors (Lipinski definition) is 1. The van der Waals surface area contributed by atoms with Crippen molar-refractivity contribution < 1.29 is 8.42 Å². The van der Waals surface area contributed by atoms with E-state index in [0.29, 0.717) is 17.7 Å². The van der Waals surface area contributed by atoms with Crippen molar-refractivity contribution in [2.24, 2.45) is 5.92 Å². The van der Waals surface area contributed by atoms with E-state index in [9.17, 15) is 8.42 Å². The van der Waals surface area contributed by atoms with Crippen molar-refractivity contribution in [1.29, 1.82) is 0 Å². The lowest BCUT2D eigenvalue weighted by molar-refractivity contribution is 0.315. The Bertz CT molecular complexity index is 539. The molecule has 0 aliphatic heterocycles. The van der Waals surface area contributed by atoms with Crippen molar-refractivity contribution in [2.75, 3.05) is 18.6 Å². The first-order valence-electron chi connectivity index (χ1n) is 7.53. The van der Waals surface area contributed by atoms with Gasteiger partial charge in [0.1, 0.15) is 9.84 Å². The second-order valence-electron chi connectivity index (χ2n) is 5.64. The van der Waals surface area contributed by atoms with Crippen LogP contribution in [-0.2, 0) is 16.3 Å². The van der Waals surface area contributed by atoms with Crippen molar-refractivity contribution >= 4 is 9.84 Å². The van der Waals surface area contributed by atoms with Crippen molar-refractivity contribution in [3.8, 4) is 0 Å². The van der Waals surface area contributed by atoms with Crippen LogP contribution in [0.5, 0.6) is 0 Å². The van der Waals surface area contributed by atoms with Crippen LogP contribution < -0.4 is 5.32 Å². The minimum Gasteiger partial charge on any atom is -0.313 e. The first-order chi connectivity index (χ1) is 9.57. The van der Waals surface area contributed by atoms with Gasteiger partial charge in [-0.1, -0.05) is 31.2 Å². The molecule has 1 aliphatic rings. The number of sulfone groups is 1. The molecular formula is C16H25NO2S. The van der Waals surface area contributed by atoms with E-state index < -0.39 is 9.84 Å². The van der Waals surface area contributed by atoms with Gasteiger partial charge in [0.05, 0.1) is 5.75 Å². The fourth-order valence-electron chi connectivity index (χ4n) is 3.24. The van der Waals surface area contributed by atoms with Gasteiger partial charge in [-0.15, -0.1) is 0 Å². The van der Waals surface area contributed by atoms with Gasteiger partial charge >= 0.3 is 0 Å². The molecule has 112 valence electrons. The van der Waals surface area contributed by atoms with Crippen LogP contribution in [-0.4, -0.2) is 27.0 Å². The Labute approximate surface area is 122 Å². The smallest absolute Gasteiger partial charge is 0.150 e. The summed E-state index contributed by atoms with van der Waals surface area (Å²) < 4.78 is 23.1. The van der Waals surface area contributed by atoms with E-state index in [0.717, 1.165) is 25.7 Å². The predicted octanol–water partition coefficient (Wildman–Crippen LogP) is 2.72. The van der Waals surface area contributed by atoms with Crippen molar-refractivity contribution in [3.05, 3.63) is 35.4 Å². The Hall–Kier alpha value is -0.870. The molecule has 0 heterocycles. The third-order valence-electron chi connectivity index (χ3n) is 4.43. The Morgan fingerprint density at radius 2 is 2.05 bits per heavy atom. The van der Waals surface area contributed by atoms with Gasteiger partial charge in [0.2, 0.25) is 0 Å². The molecule has 0 aromatic heterocycles. The molecule has 0 spiro atoms. The van der Waals surface area contributed by atoms with Crippen LogP contribution in [0, 0.1) is 5.92 Å². The molecule has 2 atom stereocenters. The highest BCUT2D eigenvalue weighted by molar-refractivity contribution is 7.91. The van der Waals surface area contributed by atoms with Crippen molar-refractivity contribution in [2.45, 2.75) is 38.6 Å². The predicted molar refractivity (Wildman–Crippen MR) is 83.6 cm³/mol. The van der Waals surface area contributed by atoms with E-state index >= 15 is 0 Å². The molecular weight excluding hydrogens is 270 g/mol. The summed E-state index contributed by atoms with van der Waals surface area (Å²) in [5, 5.41) is 3.42. The van der Waals surface area contributed by atoms with Crippen LogP contribution >= 0.6 is 0 Å². The average Bonchev–Trinajstić information content (AvgIpc) is 2.46. The number of aryl methyl sites for hydroxylation is 1. The summed E-state index contributed by atoms with van der Waals surface area (Å²) in [4.78, 5) is 0.